The smallest absolute Gasteiger partial charge is 0.306 e. The Morgan fingerprint density at radius 1 is 0.500 bits per heavy atom. The molecule has 0 aliphatic heterocycles. The third-order valence-electron chi connectivity index (χ3n) is 7.65. The quantitative estimate of drug-likeness (QED) is 0.0508. The summed E-state index contributed by atoms with van der Waals surface area (Å²) in [6.45, 7) is 8.77. The first kappa shape index (κ1) is 38.4. The molecule has 0 amide bonds. The first-order chi connectivity index (χ1) is 19.4. The summed E-state index contributed by atoms with van der Waals surface area (Å²) in [6.07, 6.45) is 22.8. The third-order valence-corrected chi connectivity index (χ3v) is 7.65. The highest BCUT2D eigenvalue weighted by Gasteiger charge is 2.19. The maximum atomic E-state index is 12.3. The Morgan fingerprint density at radius 2 is 0.875 bits per heavy atom. The van der Waals surface area contributed by atoms with E-state index >= 15 is 0 Å². The van der Waals surface area contributed by atoms with E-state index in [1.54, 1.807) is 0 Å². The summed E-state index contributed by atoms with van der Waals surface area (Å²) in [5.74, 6) is -0.0533. The number of rotatable bonds is 29. The second-order valence-electron chi connectivity index (χ2n) is 11.7. The molecule has 2 atom stereocenters. The molecule has 0 saturated carbocycles. The number of hydrogen-bond acceptors (Lipinski definition) is 6. The van der Waals surface area contributed by atoms with Crippen molar-refractivity contribution < 1.29 is 28.6 Å². The highest BCUT2D eigenvalue weighted by Crippen LogP contribution is 2.15. The van der Waals surface area contributed by atoms with Crippen molar-refractivity contribution in [2.45, 2.75) is 181 Å². The zero-order valence-electron chi connectivity index (χ0n) is 26.8. The lowest BCUT2D eigenvalue weighted by atomic mass is 9.99. The van der Waals surface area contributed by atoms with E-state index in [4.69, 9.17) is 14.2 Å². The molecule has 0 radical (unpaired) electrons. The van der Waals surface area contributed by atoms with Gasteiger partial charge in [0.05, 0.1) is 0 Å². The lowest BCUT2D eigenvalue weighted by Crippen LogP contribution is -2.30. The fourth-order valence-corrected chi connectivity index (χ4v) is 4.65. The molecule has 0 aliphatic carbocycles. The first-order valence-electron chi connectivity index (χ1n) is 16.9. The largest absolute Gasteiger partial charge is 0.462 e. The van der Waals surface area contributed by atoms with Crippen molar-refractivity contribution in [1.82, 2.24) is 0 Å². The zero-order chi connectivity index (χ0) is 29.7. The Morgan fingerprint density at radius 3 is 1.30 bits per heavy atom. The predicted octanol–water partition coefficient (Wildman–Crippen LogP) is 9.65. The van der Waals surface area contributed by atoms with Crippen LogP contribution in [0.4, 0.5) is 0 Å². The summed E-state index contributed by atoms with van der Waals surface area (Å²) in [7, 11) is 0. The molecule has 0 heterocycles. The molecule has 40 heavy (non-hydrogen) atoms. The van der Waals surface area contributed by atoms with Gasteiger partial charge in [-0.05, 0) is 25.2 Å². The number of unbranched alkanes of at least 4 members (excludes halogenated alkanes) is 15. The van der Waals surface area contributed by atoms with E-state index in [1.165, 1.54) is 57.8 Å². The molecular weight excluding hydrogens is 504 g/mol. The van der Waals surface area contributed by atoms with Crippen molar-refractivity contribution in [3.05, 3.63) is 0 Å². The van der Waals surface area contributed by atoms with Gasteiger partial charge in [0.25, 0.3) is 0 Å². The minimum atomic E-state index is -0.753. The fraction of sp³-hybridized carbons (Fsp3) is 0.912. The number of esters is 3. The Kier molecular flexibility index (Phi) is 27.8. The van der Waals surface area contributed by atoms with Gasteiger partial charge in [-0.15, -0.1) is 0 Å². The van der Waals surface area contributed by atoms with Gasteiger partial charge in [0, 0.05) is 19.3 Å². The van der Waals surface area contributed by atoms with Crippen molar-refractivity contribution in [2.24, 2.45) is 5.92 Å². The van der Waals surface area contributed by atoms with Crippen molar-refractivity contribution in [1.29, 1.82) is 0 Å². The van der Waals surface area contributed by atoms with Crippen molar-refractivity contribution in [2.75, 3.05) is 13.2 Å². The number of ether oxygens (including phenoxy) is 3. The van der Waals surface area contributed by atoms with Crippen LogP contribution in [0.15, 0.2) is 0 Å². The van der Waals surface area contributed by atoms with Gasteiger partial charge in [-0.3, -0.25) is 14.4 Å². The van der Waals surface area contributed by atoms with Crippen LogP contribution in [-0.2, 0) is 28.6 Å². The van der Waals surface area contributed by atoms with Crippen LogP contribution in [0.2, 0.25) is 0 Å². The first-order valence-corrected chi connectivity index (χ1v) is 16.9. The molecule has 0 spiro atoms. The Balaban J connectivity index is 4.23. The minimum Gasteiger partial charge on any atom is -0.462 e. The van der Waals surface area contributed by atoms with E-state index in [-0.39, 0.29) is 31.1 Å². The Labute approximate surface area is 247 Å². The summed E-state index contributed by atoms with van der Waals surface area (Å²) in [4.78, 5) is 36.8. The molecule has 1 unspecified atom stereocenters. The van der Waals surface area contributed by atoms with Gasteiger partial charge in [-0.1, -0.05) is 137 Å². The molecular formula is C34H64O6. The molecule has 0 fully saturated rings. The van der Waals surface area contributed by atoms with Gasteiger partial charge in [0.1, 0.15) is 13.2 Å². The average Bonchev–Trinajstić information content (AvgIpc) is 2.94. The molecule has 0 N–H and O–H groups in total. The van der Waals surface area contributed by atoms with Gasteiger partial charge in [-0.2, -0.15) is 0 Å². The average molecular weight is 569 g/mol. The molecule has 0 aliphatic rings. The molecule has 0 aromatic carbocycles. The van der Waals surface area contributed by atoms with Gasteiger partial charge in [0.2, 0.25) is 0 Å². The Hall–Kier alpha value is -1.59. The van der Waals surface area contributed by atoms with Crippen molar-refractivity contribution in [3.8, 4) is 0 Å². The molecule has 0 bridgehead atoms. The van der Waals surface area contributed by atoms with Crippen LogP contribution in [0.3, 0.4) is 0 Å². The number of carbonyl (C=O) groups is 3. The highest BCUT2D eigenvalue weighted by molar-refractivity contribution is 5.71. The van der Waals surface area contributed by atoms with Gasteiger partial charge in [0.15, 0.2) is 6.10 Å². The van der Waals surface area contributed by atoms with Gasteiger partial charge < -0.3 is 14.2 Å². The van der Waals surface area contributed by atoms with Gasteiger partial charge in [-0.25, -0.2) is 0 Å². The monoisotopic (exact) mass is 568 g/mol. The van der Waals surface area contributed by atoms with Crippen LogP contribution in [-0.4, -0.2) is 37.2 Å². The number of hydrogen-bond donors (Lipinski definition) is 0. The lowest BCUT2D eigenvalue weighted by Gasteiger charge is -2.18. The molecule has 6 heteroatoms. The maximum absolute atomic E-state index is 12.3. The lowest BCUT2D eigenvalue weighted by molar-refractivity contribution is -0.167. The zero-order valence-corrected chi connectivity index (χ0v) is 26.8. The molecule has 0 aromatic heterocycles. The van der Waals surface area contributed by atoms with Gasteiger partial charge >= 0.3 is 17.9 Å². The summed E-state index contributed by atoms with van der Waals surface area (Å²) < 4.78 is 16.3. The van der Waals surface area contributed by atoms with E-state index < -0.39 is 6.10 Å². The second-order valence-corrected chi connectivity index (χ2v) is 11.7. The number of carbonyl (C=O) groups excluding carboxylic acids is 3. The standard InChI is InChI=1S/C34H64O6/c1-5-8-10-16-21-25-32(35)38-28-31(40-34(37)27-23-17-11-9-6-2)29-39-33(36)26-22-19-15-13-12-14-18-20-24-30(4)7-3/h30-31H,5-29H2,1-4H3/t30?,31-/m1/s1. The van der Waals surface area contributed by atoms with E-state index in [1.807, 2.05) is 0 Å². The highest BCUT2D eigenvalue weighted by atomic mass is 16.6. The van der Waals surface area contributed by atoms with Crippen LogP contribution in [0.25, 0.3) is 0 Å². The fourth-order valence-electron chi connectivity index (χ4n) is 4.65. The topological polar surface area (TPSA) is 78.9 Å². The van der Waals surface area contributed by atoms with E-state index in [9.17, 15) is 14.4 Å². The molecule has 236 valence electrons. The van der Waals surface area contributed by atoms with Crippen LogP contribution >= 0.6 is 0 Å². The third kappa shape index (κ3) is 26.6. The van der Waals surface area contributed by atoms with E-state index in [2.05, 4.69) is 27.7 Å². The summed E-state index contributed by atoms with van der Waals surface area (Å²) in [5.41, 5.74) is 0. The van der Waals surface area contributed by atoms with Crippen LogP contribution in [0.1, 0.15) is 175 Å². The predicted molar refractivity (Wildman–Crippen MR) is 164 cm³/mol. The molecule has 0 aromatic rings. The van der Waals surface area contributed by atoms with Crippen LogP contribution in [0, 0.1) is 5.92 Å². The minimum absolute atomic E-state index is 0.0686. The molecule has 0 saturated heterocycles. The van der Waals surface area contributed by atoms with E-state index in [0.717, 1.165) is 76.5 Å². The van der Waals surface area contributed by atoms with Crippen molar-refractivity contribution >= 4 is 17.9 Å². The Bertz CT molecular complexity index is 605. The summed E-state index contributed by atoms with van der Waals surface area (Å²) >= 11 is 0. The molecule has 0 rings (SSSR count). The summed E-state index contributed by atoms with van der Waals surface area (Å²) in [6, 6.07) is 0. The molecule has 6 nitrogen and oxygen atoms in total. The van der Waals surface area contributed by atoms with Crippen LogP contribution < -0.4 is 0 Å². The van der Waals surface area contributed by atoms with Crippen LogP contribution in [0.5, 0.6) is 0 Å². The van der Waals surface area contributed by atoms with E-state index in [0.29, 0.717) is 19.3 Å². The normalized spacial score (nSPS) is 12.6. The second kappa shape index (κ2) is 28.9. The SMILES string of the molecule is CCCCCCCC(=O)OC[C@H](COC(=O)CCCCCCCCCCC(C)CC)OC(=O)CCCCCCC. The summed E-state index contributed by atoms with van der Waals surface area (Å²) in [5, 5.41) is 0. The van der Waals surface area contributed by atoms with Crippen molar-refractivity contribution in [3.63, 3.8) is 0 Å². The maximum Gasteiger partial charge on any atom is 0.306 e.